The van der Waals surface area contributed by atoms with Crippen molar-refractivity contribution in [3.05, 3.63) is 23.0 Å². The van der Waals surface area contributed by atoms with Crippen LogP contribution in [0.4, 0.5) is 0 Å². The molecule has 0 aromatic carbocycles. The van der Waals surface area contributed by atoms with E-state index in [1.54, 1.807) is 20.8 Å². The first-order valence-corrected chi connectivity index (χ1v) is 6.07. The smallest absolute Gasteiger partial charge is 0.356 e. The van der Waals surface area contributed by atoms with Gasteiger partial charge in [0.25, 0.3) is 0 Å². The lowest BCUT2D eigenvalue weighted by atomic mass is 10.2. The van der Waals surface area contributed by atoms with Gasteiger partial charge in [-0.1, -0.05) is 0 Å². The highest BCUT2D eigenvalue weighted by Crippen LogP contribution is 2.16. The van der Waals surface area contributed by atoms with Crippen LogP contribution in [0.15, 0.2) is 6.07 Å². The first-order valence-electron chi connectivity index (χ1n) is 6.07. The van der Waals surface area contributed by atoms with E-state index >= 15 is 0 Å². The molecule has 0 aliphatic heterocycles. The van der Waals surface area contributed by atoms with Gasteiger partial charge in [-0.2, -0.15) is 0 Å². The molecule has 7 heteroatoms. The Morgan fingerprint density at radius 1 is 1.26 bits per heavy atom. The molecule has 1 rings (SSSR count). The molecule has 0 bridgehead atoms. The molecule has 0 saturated heterocycles. The fourth-order valence-corrected chi connectivity index (χ4v) is 1.67. The quantitative estimate of drug-likeness (QED) is 0.580. The lowest BCUT2D eigenvalue weighted by Gasteiger charge is -2.11. The second-order valence-corrected chi connectivity index (χ2v) is 3.67. The minimum Gasteiger partial charge on any atom is -0.462 e. The molecule has 0 atom stereocenters. The molecule has 1 aromatic heterocycles. The van der Waals surface area contributed by atoms with Gasteiger partial charge in [-0.15, -0.1) is 0 Å². The summed E-state index contributed by atoms with van der Waals surface area (Å²) in [6.07, 6.45) is 0. The van der Waals surface area contributed by atoms with Gasteiger partial charge in [0.15, 0.2) is 0 Å². The number of carbonyl (C=O) groups excluding carboxylic acids is 2. The number of carbonyl (C=O) groups is 2. The number of nitrogens with zero attached hydrogens (tertiary/aromatic N) is 1. The lowest BCUT2D eigenvalue weighted by molar-refractivity contribution is 0.0513. The number of hydrogen-bond donors (Lipinski definition) is 2. The van der Waals surface area contributed by atoms with Gasteiger partial charge in [0.05, 0.1) is 31.1 Å². The molecule has 19 heavy (non-hydrogen) atoms. The van der Waals surface area contributed by atoms with Crippen LogP contribution in [-0.2, 0) is 9.47 Å². The topological polar surface area (TPSA) is 95.6 Å². The maximum atomic E-state index is 11.8. The van der Waals surface area contributed by atoms with Crippen LogP contribution in [0.3, 0.4) is 0 Å². The Labute approximate surface area is 111 Å². The zero-order valence-electron chi connectivity index (χ0n) is 11.4. The van der Waals surface area contributed by atoms with E-state index in [-0.39, 0.29) is 25.6 Å². The zero-order chi connectivity index (χ0) is 14.4. The predicted molar refractivity (Wildman–Crippen MR) is 69.5 cm³/mol. The van der Waals surface area contributed by atoms with Gasteiger partial charge >= 0.3 is 11.9 Å². The van der Waals surface area contributed by atoms with Crippen molar-refractivity contribution in [2.75, 3.05) is 25.3 Å². The Balaban J connectivity index is 3.18. The second-order valence-electron chi connectivity index (χ2n) is 3.67. The summed E-state index contributed by atoms with van der Waals surface area (Å²) in [6, 6.07) is 1.44. The van der Waals surface area contributed by atoms with Gasteiger partial charge in [-0.05, 0) is 26.8 Å². The minimum atomic E-state index is -0.526. The normalized spacial score (nSPS) is 10.1. The number of nitrogens with two attached hydrogens (primary N) is 1. The third-order valence-corrected chi connectivity index (χ3v) is 2.48. The molecule has 0 radical (unpaired) electrons. The van der Waals surface area contributed by atoms with E-state index < -0.39 is 11.9 Å². The summed E-state index contributed by atoms with van der Waals surface area (Å²) in [4.78, 5) is 23.6. The Morgan fingerprint density at radius 3 is 2.37 bits per heavy atom. The number of hydrogen-bond acceptors (Lipinski definition) is 6. The molecule has 0 spiro atoms. The summed E-state index contributed by atoms with van der Waals surface area (Å²) in [5.74, 6) is -1.01. The molecule has 0 amide bonds. The zero-order valence-corrected chi connectivity index (χ0v) is 11.4. The van der Waals surface area contributed by atoms with Crippen molar-refractivity contribution < 1.29 is 19.1 Å². The average Bonchev–Trinajstić information content (AvgIpc) is 2.69. The van der Waals surface area contributed by atoms with Crippen LogP contribution in [0.25, 0.3) is 0 Å². The van der Waals surface area contributed by atoms with Gasteiger partial charge in [0.2, 0.25) is 0 Å². The van der Waals surface area contributed by atoms with Gasteiger partial charge in [-0.25, -0.2) is 9.59 Å². The van der Waals surface area contributed by atoms with Crippen molar-refractivity contribution in [1.82, 2.24) is 4.68 Å². The molecule has 0 saturated carbocycles. The van der Waals surface area contributed by atoms with Gasteiger partial charge in [0, 0.05) is 0 Å². The molecule has 0 aliphatic carbocycles. The van der Waals surface area contributed by atoms with Gasteiger partial charge in [0.1, 0.15) is 5.69 Å². The van der Waals surface area contributed by atoms with Gasteiger partial charge in [-0.3, -0.25) is 4.68 Å². The Hall–Kier alpha value is -2.02. The van der Waals surface area contributed by atoms with E-state index in [1.165, 1.54) is 10.7 Å². The predicted octanol–water partition coefficient (Wildman–Crippen LogP) is 0.610. The third kappa shape index (κ3) is 3.25. The SMILES string of the molecule is CCOC(=O)c1cc(C(=O)OCC)n(NCN)c1C. The largest absolute Gasteiger partial charge is 0.462 e. The maximum Gasteiger partial charge on any atom is 0.356 e. The van der Waals surface area contributed by atoms with Crippen LogP contribution in [0.5, 0.6) is 0 Å². The monoisotopic (exact) mass is 269 g/mol. The van der Waals surface area contributed by atoms with E-state index in [2.05, 4.69) is 5.43 Å². The summed E-state index contributed by atoms with van der Waals surface area (Å²) in [6.45, 7) is 5.75. The van der Waals surface area contributed by atoms with E-state index in [0.29, 0.717) is 11.3 Å². The molecule has 0 unspecified atom stereocenters. The third-order valence-electron chi connectivity index (χ3n) is 2.48. The Kier molecular flexibility index (Phi) is 5.37. The van der Waals surface area contributed by atoms with Crippen LogP contribution in [0.2, 0.25) is 0 Å². The van der Waals surface area contributed by atoms with Crippen LogP contribution in [0, 0.1) is 6.92 Å². The molecule has 1 heterocycles. The van der Waals surface area contributed by atoms with Crippen LogP contribution < -0.4 is 11.2 Å². The number of ether oxygens (including phenoxy) is 2. The summed E-state index contributed by atoms with van der Waals surface area (Å²) >= 11 is 0. The molecule has 7 nitrogen and oxygen atoms in total. The highest BCUT2D eigenvalue weighted by Gasteiger charge is 2.23. The molecule has 0 fully saturated rings. The molecule has 0 aliphatic rings. The lowest BCUT2D eigenvalue weighted by Crippen LogP contribution is -2.27. The molecular weight excluding hydrogens is 250 g/mol. The van der Waals surface area contributed by atoms with Gasteiger partial charge < -0.3 is 20.6 Å². The van der Waals surface area contributed by atoms with Crippen LogP contribution in [-0.4, -0.2) is 36.5 Å². The summed E-state index contributed by atoms with van der Waals surface area (Å²) in [5.41, 5.74) is 9.28. The minimum absolute atomic E-state index is 0.115. The average molecular weight is 269 g/mol. The highest BCUT2D eigenvalue weighted by molar-refractivity contribution is 5.96. The molecule has 3 N–H and O–H groups in total. The van der Waals surface area contributed by atoms with E-state index in [0.717, 1.165) is 0 Å². The molecular formula is C12H19N3O4. The summed E-state index contributed by atoms with van der Waals surface area (Å²) in [5, 5.41) is 0. The first-order chi connectivity index (χ1) is 9.06. The van der Waals surface area contributed by atoms with Crippen molar-refractivity contribution in [2.24, 2.45) is 5.73 Å². The standard InChI is InChI=1S/C12H19N3O4/c1-4-18-11(16)9-6-10(12(17)19-5-2)15(8(9)3)14-7-13/h6,14H,4-5,7,13H2,1-3H3. The fraction of sp³-hybridized carbons (Fsp3) is 0.500. The van der Waals surface area contributed by atoms with E-state index in [4.69, 9.17) is 15.2 Å². The van der Waals surface area contributed by atoms with Crippen molar-refractivity contribution in [2.45, 2.75) is 20.8 Å². The first kappa shape index (κ1) is 15.0. The van der Waals surface area contributed by atoms with E-state index in [9.17, 15) is 9.59 Å². The Morgan fingerprint density at radius 2 is 1.84 bits per heavy atom. The molecule has 1 aromatic rings. The summed E-state index contributed by atoms with van der Waals surface area (Å²) in [7, 11) is 0. The number of rotatable bonds is 6. The number of aromatic nitrogens is 1. The summed E-state index contributed by atoms with van der Waals surface area (Å²) < 4.78 is 11.3. The maximum absolute atomic E-state index is 11.8. The molecule has 106 valence electrons. The van der Waals surface area contributed by atoms with Crippen LogP contribution >= 0.6 is 0 Å². The van der Waals surface area contributed by atoms with Crippen LogP contribution in [0.1, 0.15) is 40.4 Å². The number of esters is 2. The number of nitrogens with one attached hydrogen (secondary N) is 1. The Bertz CT molecular complexity index is 468. The highest BCUT2D eigenvalue weighted by atomic mass is 16.5. The second kappa shape index (κ2) is 6.79. The van der Waals surface area contributed by atoms with Crippen molar-refractivity contribution in [1.29, 1.82) is 0 Å². The van der Waals surface area contributed by atoms with Crippen molar-refractivity contribution >= 4 is 11.9 Å². The van der Waals surface area contributed by atoms with Crippen molar-refractivity contribution in [3.8, 4) is 0 Å². The van der Waals surface area contributed by atoms with Crippen molar-refractivity contribution in [3.63, 3.8) is 0 Å². The fourth-order valence-electron chi connectivity index (χ4n) is 1.67. The van der Waals surface area contributed by atoms with E-state index in [1.807, 2.05) is 0 Å².